The Morgan fingerprint density at radius 1 is 1.00 bits per heavy atom. The Morgan fingerprint density at radius 2 is 1.76 bits per heavy atom. The van der Waals surface area contributed by atoms with E-state index in [-0.39, 0.29) is 0 Å². The van der Waals surface area contributed by atoms with Gasteiger partial charge in [-0.05, 0) is 42.5 Å². The number of hydrogen-bond acceptors (Lipinski definition) is 3. The van der Waals surface area contributed by atoms with Crippen molar-refractivity contribution in [2.24, 2.45) is 5.92 Å². The van der Waals surface area contributed by atoms with Crippen molar-refractivity contribution in [2.45, 2.75) is 43.5 Å². The summed E-state index contributed by atoms with van der Waals surface area (Å²) < 4.78 is 3.09. The predicted octanol–water partition coefficient (Wildman–Crippen LogP) is 6.75. The molecule has 1 aliphatic rings. The highest BCUT2D eigenvalue weighted by molar-refractivity contribution is 9.10. The van der Waals surface area contributed by atoms with Gasteiger partial charge in [-0.2, -0.15) is 0 Å². The third kappa shape index (κ3) is 4.67. The topological polar surface area (TPSA) is 39.1 Å². The van der Waals surface area contributed by atoms with E-state index >= 15 is 0 Å². The van der Waals surface area contributed by atoms with Gasteiger partial charge in [0.25, 0.3) is 0 Å². The highest BCUT2D eigenvalue weighted by Gasteiger charge is 2.16. The van der Waals surface area contributed by atoms with Crippen LogP contribution in [-0.2, 0) is 6.54 Å². The van der Waals surface area contributed by atoms with Crippen LogP contribution in [0, 0.1) is 5.92 Å². The van der Waals surface area contributed by atoms with Crippen molar-refractivity contribution >= 4 is 51.2 Å². The largest absolute Gasteiger partial charge is 0.334 e. The molecule has 1 aliphatic carbocycles. The van der Waals surface area contributed by atoms with Gasteiger partial charge in [-0.15, -0.1) is 11.8 Å². The Bertz CT molecular complexity index is 1020. The maximum atomic E-state index is 11.7. The maximum absolute atomic E-state index is 11.7. The average molecular weight is 470 g/mol. The monoisotopic (exact) mass is 469 g/mol. The number of nitrogens with zero attached hydrogens (tertiary/aromatic N) is 1. The molecule has 4 rings (SSSR count). The van der Waals surface area contributed by atoms with Gasteiger partial charge in [-0.25, -0.2) is 0 Å². The Hall–Kier alpha value is -1.85. The highest BCUT2D eigenvalue weighted by atomic mass is 79.9. The standard InChI is InChI=1S/C24H24BrNO2S/c25-23-11-21(29-16-19-4-2-1-3-5-19)12-24-22(23)10-20(15-28)26(24)13-17-6-8-18(14-27)9-7-17/h6-12,14-15,19H,1-5,13,16H2. The molecule has 0 bridgehead atoms. The SMILES string of the molecule is O=Cc1ccc(Cn2c(C=O)cc3c(Br)cc(SCC4CCCCC4)cc32)cc1. The Balaban J connectivity index is 1.63. The van der Waals surface area contributed by atoms with E-state index < -0.39 is 0 Å². The smallest absolute Gasteiger partial charge is 0.166 e. The van der Waals surface area contributed by atoms with E-state index in [0.29, 0.717) is 17.8 Å². The molecule has 1 fully saturated rings. The maximum Gasteiger partial charge on any atom is 0.166 e. The lowest BCUT2D eigenvalue weighted by Gasteiger charge is -2.21. The van der Waals surface area contributed by atoms with Gasteiger partial charge in [-0.3, -0.25) is 9.59 Å². The summed E-state index contributed by atoms with van der Waals surface area (Å²) in [5, 5.41) is 1.05. The third-order valence-corrected chi connectivity index (χ3v) is 7.63. The van der Waals surface area contributed by atoms with Crippen molar-refractivity contribution < 1.29 is 9.59 Å². The van der Waals surface area contributed by atoms with Gasteiger partial charge < -0.3 is 4.57 Å². The average Bonchev–Trinajstić information content (AvgIpc) is 3.11. The van der Waals surface area contributed by atoms with Crippen molar-refractivity contribution in [1.82, 2.24) is 4.57 Å². The Labute approximate surface area is 184 Å². The van der Waals surface area contributed by atoms with Crippen LogP contribution >= 0.6 is 27.7 Å². The van der Waals surface area contributed by atoms with Crippen LogP contribution in [0.1, 0.15) is 58.5 Å². The van der Waals surface area contributed by atoms with Crippen LogP contribution < -0.4 is 0 Å². The lowest BCUT2D eigenvalue weighted by Crippen LogP contribution is -2.08. The van der Waals surface area contributed by atoms with E-state index in [2.05, 4.69) is 32.6 Å². The van der Waals surface area contributed by atoms with Crippen molar-refractivity contribution in [2.75, 3.05) is 5.75 Å². The minimum atomic E-state index is 0.597. The molecule has 0 amide bonds. The second-order valence-electron chi connectivity index (χ2n) is 7.79. The van der Waals surface area contributed by atoms with Gasteiger partial charge >= 0.3 is 0 Å². The molecule has 0 atom stereocenters. The molecule has 3 nitrogen and oxygen atoms in total. The number of fused-ring (bicyclic) bond motifs is 1. The molecule has 29 heavy (non-hydrogen) atoms. The van der Waals surface area contributed by atoms with E-state index in [1.165, 1.54) is 37.0 Å². The number of rotatable bonds is 7. The van der Waals surface area contributed by atoms with Crippen molar-refractivity contribution in [3.05, 3.63) is 63.8 Å². The molecule has 0 aliphatic heterocycles. The molecule has 1 saturated carbocycles. The van der Waals surface area contributed by atoms with E-state index in [4.69, 9.17) is 0 Å². The molecule has 1 heterocycles. The minimum absolute atomic E-state index is 0.597. The Morgan fingerprint density at radius 3 is 2.45 bits per heavy atom. The first-order valence-corrected chi connectivity index (χ1v) is 11.9. The number of aldehydes is 2. The van der Waals surface area contributed by atoms with E-state index in [1.54, 1.807) is 0 Å². The summed E-state index contributed by atoms with van der Waals surface area (Å²) in [5.41, 5.74) is 3.44. The van der Waals surface area contributed by atoms with Crippen LogP contribution in [0.3, 0.4) is 0 Å². The summed E-state index contributed by atoms with van der Waals surface area (Å²) >= 11 is 5.64. The van der Waals surface area contributed by atoms with Crippen LogP contribution in [0.4, 0.5) is 0 Å². The number of carbonyl (C=O) groups excluding carboxylic acids is 2. The first-order valence-electron chi connectivity index (χ1n) is 10.1. The lowest BCUT2D eigenvalue weighted by atomic mass is 9.91. The van der Waals surface area contributed by atoms with Crippen LogP contribution in [-0.4, -0.2) is 22.9 Å². The van der Waals surface area contributed by atoms with E-state index in [0.717, 1.165) is 45.2 Å². The van der Waals surface area contributed by atoms with Gasteiger partial charge in [0, 0.05) is 32.6 Å². The minimum Gasteiger partial charge on any atom is -0.334 e. The van der Waals surface area contributed by atoms with Crippen molar-refractivity contribution in [3.8, 4) is 0 Å². The zero-order valence-corrected chi connectivity index (χ0v) is 18.7. The molecule has 0 spiro atoms. The second kappa shape index (κ2) is 9.31. The molecule has 150 valence electrons. The van der Waals surface area contributed by atoms with Crippen LogP contribution in [0.25, 0.3) is 10.9 Å². The molecule has 2 aromatic carbocycles. The number of benzene rings is 2. The third-order valence-electron chi connectivity index (χ3n) is 5.76. The molecular formula is C24H24BrNO2S. The summed E-state index contributed by atoms with van der Waals surface area (Å²) in [6.07, 6.45) is 8.57. The van der Waals surface area contributed by atoms with Gasteiger partial charge in [0.2, 0.25) is 0 Å². The van der Waals surface area contributed by atoms with Gasteiger partial charge in [0.05, 0.1) is 11.2 Å². The van der Waals surface area contributed by atoms with Crippen molar-refractivity contribution in [1.29, 1.82) is 0 Å². The Kier molecular flexibility index (Phi) is 6.56. The summed E-state index contributed by atoms with van der Waals surface area (Å²) in [7, 11) is 0. The first-order chi connectivity index (χ1) is 14.2. The number of aromatic nitrogens is 1. The fourth-order valence-corrected chi connectivity index (χ4v) is 5.99. The molecule has 0 N–H and O–H groups in total. The first kappa shape index (κ1) is 20.4. The number of halogens is 1. The van der Waals surface area contributed by atoms with Gasteiger partial charge in [0.1, 0.15) is 6.29 Å². The summed E-state index contributed by atoms with van der Waals surface area (Å²) in [4.78, 5) is 23.9. The molecule has 3 aromatic rings. The molecule has 1 aromatic heterocycles. The molecule has 0 saturated heterocycles. The highest BCUT2D eigenvalue weighted by Crippen LogP contribution is 2.35. The number of carbonyl (C=O) groups is 2. The fraction of sp³-hybridized carbons (Fsp3) is 0.333. The number of hydrogen-bond donors (Lipinski definition) is 0. The van der Waals surface area contributed by atoms with Gasteiger partial charge in [0.15, 0.2) is 6.29 Å². The second-order valence-corrected chi connectivity index (χ2v) is 9.73. The zero-order valence-electron chi connectivity index (χ0n) is 16.3. The fourth-order valence-electron chi connectivity index (χ4n) is 4.12. The normalized spacial score (nSPS) is 14.9. The number of thioether (sulfide) groups is 1. The quantitative estimate of drug-likeness (QED) is 0.283. The van der Waals surface area contributed by atoms with E-state index in [1.807, 2.05) is 42.1 Å². The van der Waals surface area contributed by atoms with Crippen molar-refractivity contribution in [3.63, 3.8) is 0 Å². The summed E-state index contributed by atoms with van der Waals surface area (Å²) in [5.74, 6) is 1.98. The lowest BCUT2D eigenvalue weighted by molar-refractivity contribution is 0.111. The molecular weight excluding hydrogens is 446 g/mol. The van der Waals surface area contributed by atoms with Crippen LogP contribution in [0.2, 0.25) is 0 Å². The summed E-state index contributed by atoms with van der Waals surface area (Å²) in [6, 6.07) is 13.9. The van der Waals surface area contributed by atoms with Crippen LogP contribution in [0.15, 0.2) is 51.8 Å². The molecule has 5 heteroatoms. The summed E-state index contributed by atoms with van der Waals surface area (Å²) in [6.45, 7) is 0.597. The molecule has 0 unspecified atom stereocenters. The van der Waals surface area contributed by atoms with Crippen LogP contribution in [0.5, 0.6) is 0 Å². The van der Waals surface area contributed by atoms with Gasteiger partial charge in [-0.1, -0.05) is 59.5 Å². The van der Waals surface area contributed by atoms with E-state index in [9.17, 15) is 9.59 Å². The zero-order chi connectivity index (χ0) is 20.2. The molecule has 0 radical (unpaired) electrons. The predicted molar refractivity (Wildman–Crippen MR) is 123 cm³/mol.